The average Bonchev–Trinajstić information content (AvgIpc) is 2.41. The number of amides is 2. The maximum Gasteiger partial charge on any atom is 0.416 e. The quantitative estimate of drug-likeness (QED) is 0.862. The maximum atomic E-state index is 12.6. The van der Waals surface area contributed by atoms with E-state index in [2.05, 4.69) is 10.6 Å². The first-order valence-corrected chi connectivity index (χ1v) is 7.34. The van der Waals surface area contributed by atoms with E-state index in [9.17, 15) is 22.8 Å². The van der Waals surface area contributed by atoms with Gasteiger partial charge in [-0.3, -0.25) is 9.59 Å². The van der Waals surface area contributed by atoms with Gasteiger partial charge in [-0.1, -0.05) is 6.07 Å². The first-order valence-electron chi connectivity index (χ1n) is 7.34. The monoisotopic (exact) mass is 345 g/mol. The number of likely N-dealkylation sites (N-methyl/N-ethyl adjacent to an activating group) is 1. The lowest BCUT2D eigenvalue weighted by molar-refractivity contribution is -0.137. The summed E-state index contributed by atoms with van der Waals surface area (Å²) in [5.74, 6) is -0.714. The Morgan fingerprint density at radius 3 is 2.33 bits per heavy atom. The summed E-state index contributed by atoms with van der Waals surface area (Å²) in [7, 11) is 1.46. The number of carbonyl (C=O) groups excluding carboxylic acids is 2. The molecule has 0 unspecified atom stereocenters. The topological polar surface area (TPSA) is 61.4 Å². The van der Waals surface area contributed by atoms with Crippen LogP contribution in [0.15, 0.2) is 24.3 Å². The summed E-state index contributed by atoms with van der Waals surface area (Å²) in [6.45, 7) is 5.13. The average molecular weight is 345 g/mol. The third kappa shape index (κ3) is 6.89. The van der Waals surface area contributed by atoms with Crippen molar-refractivity contribution >= 4 is 17.5 Å². The van der Waals surface area contributed by atoms with Crippen LogP contribution in [0.3, 0.4) is 0 Å². The van der Waals surface area contributed by atoms with Gasteiger partial charge in [-0.05, 0) is 39.0 Å². The highest BCUT2D eigenvalue weighted by Gasteiger charge is 2.30. The molecule has 0 saturated heterocycles. The molecule has 0 bridgehead atoms. The zero-order chi connectivity index (χ0) is 18.5. The molecule has 8 heteroatoms. The van der Waals surface area contributed by atoms with Gasteiger partial charge < -0.3 is 15.5 Å². The van der Waals surface area contributed by atoms with Gasteiger partial charge in [0, 0.05) is 18.3 Å². The van der Waals surface area contributed by atoms with E-state index < -0.39 is 23.2 Å². The molecule has 5 nitrogen and oxygen atoms in total. The SMILES string of the molecule is CN(CC(=O)NC(C)(C)C)C(=O)CNc1cccc(C(F)(F)F)c1. The number of rotatable bonds is 5. The highest BCUT2D eigenvalue weighted by Crippen LogP contribution is 2.30. The molecule has 0 aliphatic heterocycles. The van der Waals surface area contributed by atoms with Gasteiger partial charge in [0.25, 0.3) is 0 Å². The van der Waals surface area contributed by atoms with Crippen molar-refractivity contribution in [2.24, 2.45) is 0 Å². The summed E-state index contributed by atoms with van der Waals surface area (Å²) in [6.07, 6.45) is -4.44. The number of carbonyl (C=O) groups is 2. The van der Waals surface area contributed by atoms with E-state index in [1.54, 1.807) is 0 Å². The van der Waals surface area contributed by atoms with E-state index in [0.717, 1.165) is 12.1 Å². The van der Waals surface area contributed by atoms with Gasteiger partial charge in [-0.2, -0.15) is 13.2 Å². The van der Waals surface area contributed by atoms with Crippen molar-refractivity contribution in [3.8, 4) is 0 Å². The maximum absolute atomic E-state index is 12.6. The van der Waals surface area contributed by atoms with E-state index >= 15 is 0 Å². The van der Waals surface area contributed by atoms with Crippen LogP contribution in [-0.2, 0) is 15.8 Å². The molecule has 1 rings (SSSR count). The van der Waals surface area contributed by atoms with Gasteiger partial charge in [-0.25, -0.2) is 0 Å². The molecule has 0 radical (unpaired) electrons. The van der Waals surface area contributed by atoms with Gasteiger partial charge in [0.05, 0.1) is 18.7 Å². The highest BCUT2D eigenvalue weighted by atomic mass is 19.4. The molecule has 0 saturated carbocycles. The van der Waals surface area contributed by atoms with Gasteiger partial charge in [0.2, 0.25) is 11.8 Å². The van der Waals surface area contributed by atoms with Gasteiger partial charge in [-0.15, -0.1) is 0 Å². The Balaban J connectivity index is 2.55. The van der Waals surface area contributed by atoms with Crippen molar-refractivity contribution in [3.63, 3.8) is 0 Å². The smallest absolute Gasteiger partial charge is 0.376 e. The fourth-order valence-electron chi connectivity index (χ4n) is 1.88. The summed E-state index contributed by atoms with van der Waals surface area (Å²) in [4.78, 5) is 24.9. The second-order valence-corrected chi connectivity index (χ2v) is 6.48. The van der Waals surface area contributed by atoms with Crippen LogP contribution in [0.5, 0.6) is 0 Å². The summed E-state index contributed by atoms with van der Waals surface area (Å²) in [6, 6.07) is 4.58. The minimum atomic E-state index is -4.44. The molecule has 0 aliphatic rings. The molecular weight excluding hydrogens is 323 g/mol. The largest absolute Gasteiger partial charge is 0.416 e. The normalized spacial score (nSPS) is 11.8. The lowest BCUT2D eigenvalue weighted by Gasteiger charge is -2.23. The fourth-order valence-corrected chi connectivity index (χ4v) is 1.88. The number of halogens is 3. The molecule has 0 spiro atoms. The van der Waals surface area contributed by atoms with E-state index in [1.807, 2.05) is 20.8 Å². The summed E-state index contributed by atoms with van der Waals surface area (Å²) in [5.41, 5.74) is -1.01. The predicted molar refractivity (Wildman–Crippen MR) is 85.5 cm³/mol. The lowest BCUT2D eigenvalue weighted by Crippen LogP contribution is -2.47. The van der Waals surface area contributed by atoms with E-state index in [4.69, 9.17) is 0 Å². The molecule has 2 amide bonds. The van der Waals surface area contributed by atoms with Crippen molar-refractivity contribution in [1.82, 2.24) is 10.2 Å². The molecule has 0 fully saturated rings. The van der Waals surface area contributed by atoms with Gasteiger partial charge in [0.1, 0.15) is 0 Å². The van der Waals surface area contributed by atoms with Gasteiger partial charge in [0.15, 0.2) is 0 Å². The predicted octanol–water partition coefficient (Wildman–Crippen LogP) is 2.49. The number of anilines is 1. The summed E-state index contributed by atoms with van der Waals surface area (Å²) < 4.78 is 37.9. The Morgan fingerprint density at radius 1 is 1.17 bits per heavy atom. The number of hydrogen-bond acceptors (Lipinski definition) is 3. The number of benzene rings is 1. The van der Waals surface area contributed by atoms with Crippen LogP contribution in [0.25, 0.3) is 0 Å². The molecule has 134 valence electrons. The van der Waals surface area contributed by atoms with Crippen molar-refractivity contribution in [2.75, 3.05) is 25.5 Å². The fraction of sp³-hybridized carbons (Fsp3) is 0.500. The Labute approximate surface area is 139 Å². The lowest BCUT2D eigenvalue weighted by atomic mass is 10.1. The molecule has 0 atom stereocenters. The Hall–Kier alpha value is -2.25. The van der Waals surface area contributed by atoms with Gasteiger partial charge >= 0.3 is 6.18 Å². The van der Waals surface area contributed by atoms with Crippen LogP contribution in [0.2, 0.25) is 0 Å². The molecule has 1 aromatic rings. The minimum Gasteiger partial charge on any atom is -0.376 e. The molecular formula is C16H22F3N3O2. The Morgan fingerprint density at radius 2 is 1.79 bits per heavy atom. The van der Waals surface area contributed by atoms with Crippen LogP contribution >= 0.6 is 0 Å². The molecule has 2 N–H and O–H groups in total. The van der Waals surface area contributed by atoms with Crippen molar-refractivity contribution in [3.05, 3.63) is 29.8 Å². The van der Waals surface area contributed by atoms with Crippen molar-refractivity contribution in [2.45, 2.75) is 32.5 Å². The number of hydrogen-bond donors (Lipinski definition) is 2. The number of nitrogens with one attached hydrogen (secondary N) is 2. The summed E-state index contributed by atoms with van der Waals surface area (Å²) in [5, 5.41) is 5.36. The highest BCUT2D eigenvalue weighted by molar-refractivity contribution is 5.86. The first-order chi connectivity index (χ1) is 10.9. The van der Waals surface area contributed by atoms with Crippen LogP contribution in [-0.4, -0.2) is 42.4 Å². The Kier molecular flexibility index (Phi) is 6.22. The second-order valence-electron chi connectivity index (χ2n) is 6.48. The molecule has 0 heterocycles. The van der Waals surface area contributed by atoms with Crippen LogP contribution in [0.1, 0.15) is 26.3 Å². The molecule has 0 aromatic heterocycles. The zero-order valence-corrected chi connectivity index (χ0v) is 14.1. The number of alkyl halides is 3. The van der Waals surface area contributed by atoms with E-state index in [1.165, 1.54) is 24.1 Å². The third-order valence-corrected chi connectivity index (χ3v) is 2.95. The van der Waals surface area contributed by atoms with E-state index in [0.29, 0.717) is 0 Å². The third-order valence-electron chi connectivity index (χ3n) is 2.95. The van der Waals surface area contributed by atoms with Crippen LogP contribution in [0.4, 0.5) is 18.9 Å². The minimum absolute atomic E-state index is 0.125. The number of nitrogens with zero attached hydrogens (tertiary/aromatic N) is 1. The molecule has 24 heavy (non-hydrogen) atoms. The van der Waals surface area contributed by atoms with Crippen LogP contribution < -0.4 is 10.6 Å². The summed E-state index contributed by atoms with van der Waals surface area (Å²) >= 11 is 0. The zero-order valence-electron chi connectivity index (χ0n) is 14.1. The van der Waals surface area contributed by atoms with E-state index in [-0.39, 0.29) is 24.7 Å². The van der Waals surface area contributed by atoms with Crippen molar-refractivity contribution < 1.29 is 22.8 Å². The van der Waals surface area contributed by atoms with Crippen molar-refractivity contribution in [1.29, 1.82) is 0 Å². The first kappa shape index (κ1) is 19.8. The molecule has 1 aromatic carbocycles. The Bertz CT molecular complexity index is 595. The molecule has 0 aliphatic carbocycles. The van der Waals surface area contributed by atoms with Crippen LogP contribution in [0, 0.1) is 0 Å². The second kappa shape index (κ2) is 7.55. The standard InChI is InChI=1S/C16H22F3N3O2/c1-15(2,3)21-13(23)10-22(4)14(24)9-20-12-7-5-6-11(8-12)16(17,18)19/h5-8,20H,9-10H2,1-4H3,(H,21,23).